The molecule has 86 valence electrons. The Hall–Kier alpha value is -0.870. The summed E-state index contributed by atoms with van der Waals surface area (Å²) in [5, 5.41) is 7.61. The summed E-state index contributed by atoms with van der Waals surface area (Å²) in [6.45, 7) is 6.92. The van der Waals surface area contributed by atoms with Gasteiger partial charge in [0.1, 0.15) is 0 Å². The first-order valence-corrected chi connectivity index (χ1v) is 5.32. The van der Waals surface area contributed by atoms with E-state index in [2.05, 4.69) is 24.3 Å². The van der Waals surface area contributed by atoms with Crippen molar-refractivity contribution < 1.29 is 4.74 Å². The molecule has 0 radical (unpaired) electrons. The quantitative estimate of drug-likeness (QED) is 0.766. The zero-order valence-electron chi connectivity index (χ0n) is 10.1. The second kappa shape index (κ2) is 5.88. The minimum atomic E-state index is 0.548. The molecule has 0 aromatic carbocycles. The third-order valence-electron chi connectivity index (χ3n) is 2.60. The lowest BCUT2D eigenvalue weighted by Gasteiger charge is -2.11. The fourth-order valence-electron chi connectivity index (χ4n) is 1.51. The van der Waals surface area contributed by atoms with Crippen LogP contribution < -0.4 is 5.32 Å². The molecule has 0 bridgehead atoms. The molecular weight excluding hydrogens is 190 g/mol. The maximum atomic E-state index is 5.08. The van der Waals surface area contributed by atoms with Crippen molar-refractivity contribution in [3.63, 3.8) is 0 Å². The predicted octanol–water partition coefficient (Wildman–Crippen LogP) is 1.10. The van der Waals surface area contributed by atoms with Crippen molar-refractivity contribution >= 4 is 0 Å². The molecule has 0 amide bonds. The Bertz CT molecular complexity index is 296. The number of methoxy groups -OCH3 is 1. The Morgan fingerprint density at radius 1 is 1.60 bits per heavy atom. The number of nitrogens with one attached hydrogen (secondary N) is 1. The molecule has 1 N–H and O–H groups in total. The van der Waals surface area contributed by atoms with Crippen LogP contribution in [0.25, 0.3) is 0 Å². The van der Waals surface area contributed by atoms with Crippen molar-refractivity contribution in [2.45, 2.75) is 20.4 Å². The van der Waals surface area contributed by atoms with E-state index in [1.165, 1.54) is 11.3 Å². The number of hydrogen-bond donors (Lipinski definition) is 1. The minimum absolute atomic E-state index is 0.548. The summed E-state index contributed by atoms with van der Waals surface area (Å²) in [6.07, 6.45) is 1.92. The Balaban J connectivity index is 2.29. The summed E-state index contributed by atoms with van der Waals surface area (Å²) in [7, 11) is 3.70. The van der Waals surface area contributed by atoms with E-state index in [4.69, 9.17) is 4.74 Å². The first-order valence-electron chi connectivity index (χ1n) is 5.32. The Labute approximate surface area is 91.6 Å². The van der Waals surface area contributed by atoms with Gasteiger partial charge in [-0.3, -0.25) is 4.68 Å². The summed E-state index contributed by atoms with van der Waals surface area (Å²) in [6, 6.07) is 0. The highest BCUT2D eigenvalue weighted by molar-refractivity contribution is 5.15. The lowest BCUT2D eigenvalue weighted by molar-refractivity contribution is 0.158. The Morgan fingerprint density at radius 2 is 2.33 bits per heavy atom. The molecule has 1 unspecified atom stereocenters. The number of rotatable bonds is 6. The topological polar surface area (TPSA) is 39.1 Å². The highest BCUT2D eigenvalue weighted by Crippen LogP contribution is 2.04. The Kier molecular flexibility index (Phi) is 4.78. The van der Waals surface area contributed by atoms with E-state index < -0.39 is 0 Å². The lowest BCUT2D eigenvalue weighted by atomic mass is 10.2. The molecule has 0 saturated carbocycles. The maximum Gasteiger partial charge on any atom is 0.0537 e. The van der Waals surface area contributed by atoms with Crippen LogP contribution in [0.2, 0.25) is 0 Å². The molecule has 1 atom stereocenters. The van der Waals surface area contributed by atoms with Crippen LogP contribution in [-0.2, 0) is 18.3 Å². The van der Waals surface area contributed by atoms with Crippen molar-refractivity contribution in [3.05, 3.63) is 17.5 Å². The van der Waals surface area contributed by atoms with Crippen LogP contribution in [0.3, 0.4) is 0 Å². The van der Waals surface area contributed by atoms with E-state index in [9.17, 15) is 0 Å². The van der Waals surface area contributed by atoms with Gasteiger partial charge in [0.05, 0.1) is 6.20 Å². The van der Waals surface area contributed by atoms with Gasteiger partial charge >= 0.3 is 0 Å². The molecule has 0 aliphatic rings. The zero-order chi connectivity index (χ0) is 11.3. The summed E-state index contributed by atoms with van der Waals surface area (Å²) in [5.74, 6) is 0.548. The SMILES string of the molecule is COCC(C)CNCc1cnn(C)c1C. The normalized spacial score (nSPS) is 13.1. The highest BCUT2D eigenvalue weighted by Gasteiger charge is 2.04. The van der Waals surface area contributed by atoms with Crippen molar-refractivity contribution in [1.82, 2.24) is 15.1 Å². The van der Waals surface area contributed by atoms with Crippen molar-refractivity contribution in [3.8, 4) is 0 Å². The van der Waals surface area contributed by atoms with Crippen molar-refractivity contribution in [2.24, 2.45) is 13.0 Å². The van der Waals surface area contributed by atoms with Gasteiger partial charge in [-0.2, -0.15) is 5.10 Å². The van der Waals surface area contributed by atoms with Crippen LogP contribution in [0.15, 0.2) is 6.20 Å². The van der Waals surface area contributed by atoms with Crippen molar-refractivity contribution in [2.75, 3.05) is 20.3 Å². The molecular formula is C11H21N3O. The summed E-state index contributed by atoms with van der Waals surface area (Å²) in [4.78, 5) is 0. The van der Waals surface area contributed by atoms with Gasteiger partial charge in [0, 0.05) is 45.1 Å². The van der Waals surface area contributed by atoms with Gasteiger partial charge in [0.15, 0.2) is 0 Å². The summed E-state index contributed by atoms with van der Waals surface area (Å²) in [5.41, 5.74) is 2.49. The average molecular weight is 211 g/mol. The molecule has 1 rings (SSSR count). The fraction of sp³-hybridized carbons (Fsp3) is 0.727. The van der Waals surface area contributed by atoms with Gasteiger partial charge in [-0.25, -0.2) is 0 Å². The van der Waals surface area contributed by atoms with Gasteiger partial charge in [0.25, 0.3) is 0 Å². The van der Waals surface area contributed by atoms with E-state index in [0.29, 0.717) is 5.92 Å². The van der Waals surface area contributed by atoms with Crippen LogP contribution in [0.5, 0.6) is 0 Å². The fourth-order valence-corrected chi connectivity index (χ4v) is 1.51. The number of nitrogens with zero attached hydrogens (tertiary/aromatic N) is 2. The number of hydrogen-bond acceptors (Lipinski definition) is 3. The van der Waals surface area contributed by atoms with Gasteiger partial charge in [0.2, 0.25) is 0 Å². The van der Waals surface area contributed by atoms with Crippen LogP contribution in [-0.4, -0.2) is 30.0 Å². The predicted molar refractivity (Wildman–Crippen MR) is 60.7 cm³/mol. The van der Waals surface area contributed by atoms with Gasteiger partial charge in [-0.05, 0) is 12.8 Å². The summed E-state index contributed by atoms with van der Waals surface area (Å²) >= 11 is 0. The molecule has 4 heteroatoms. The molecule has 0 spiro atoms. The average Bonchev–Trinajstić information content (AvgIpc) is 2.50. The second-order valence-corrected chi connectivity index (χ2v) is 4.07. The molecule has 0 fully saturated rings. The van der Waals surface area contributed by atoms with E-state index in [-0.39, 0.29) is 0 Å². The second-order valence-electron chi connectivity index (χ2n) is 4.07. The smallest absolute Gasteiger partial charge is 0.0537 e. The molecule has 15 heavy (non-hydrogen) atoms. The van der Waals surface area contributed by atoms with Crippen LogP contribution in [0, 0.1) is 12.8 Å². The highest BCUT2D eigenvalue weighted by atomic mass is 16.5. The van der Waals surface area contributed by atoms with E-state index in [1.807, 2.05) is 17.9 Å². The maximum absolute atomic E-state index is 5.08. The molecule has 0 aliphatic carbocycles. The zero-order valence-corrected chi connectivity index (χ0v) is 10.1. The van der Waals surface area contributed by atoms with Gasteiger partial charge in [-0.1, -0.05) is 6.92 Å². The first kappa shape index (κ1) is 12.2. The van der Waals surface area contributed by atoms with Crippen LogP contribution >= 0.6 is 0 Å². The van der Waals surface area contributed by atoms with Crippen LogP contribution in [0.1, 0.15) is 18.2 Å². The number of aromatic nitrogens is 2. The van der Waals surface area contributed by atoms with E-state index in [1.54, 1.807) is 7.11 Å². The van der Waals surface area contributed by atoms with E-state index in [0.717, 1.165) is 19.7 Å². The van der Waals surface area contributed by atoms with Crippen molar-refractivity contribution in [1.29, 1.82) is 0 Å². The third-order valence-corrected chi connectivity index (χ3v) is 2.60. The van der Waals surface area contributed by atoms with Gasteiger partial charge in [-0.15, -0.1) is 0 Å². The summed E-state index contributed by atoms with van der Waals surface area (Å²) < 4.78 is 6.98. The Morgan fingerprint density at radius 3 is 2.87 bits per heavy atom. The monoisotopic (exact) mass is 211 g/mol. The largest absolute Gasteiger partial charge is 0.384 e. The lowest BCUT2D eigenvalue weighted by Crippen LogP contribution is -2.23. The molecule has 1 aromatic rings. The third kappa shape index (κ3) is 3.64. The minimum Gasteiger partial charge on any atom is -0.384 e. The van der Waals surface area contributed by atoms with E-state index >= 15 is 0 Å². The molecule has 0 aliphatic heterocycles. The molecule has 1 aromatic heterocycles. The number of ether oxygens (including phenoxy) is 1. The number of aryl methyl sites for hydroxylation is 1. The molecule has 1 heterocycles. The first-order chi connectivity index (χ1) is 7.15. The molecule has 0 saturated heterocycles. The standard InChI is InChI=1S/C11H21N3O/c1-9(8-15-4)5-12-6-11-7-13-14(3)10(11)2/h7,9,12H,5-6,8H2,1-4H3. The molecule has 4 nitrogen and oxygen atoms in total. The van der Waals surface area contributed by atoms with Crippen LogP contribution in [0.4, 0.5) is 0 Å². The van der Waals surface area contributed by atoms with Gasteiger partial charge < -0.3 is 10.1 Å².